The molecule has 0 radical (unpaired) electrons. The average Bonchev–Trinajstić information content (AvgIpc) is 2.87. The van der Waals surface area contributed by atoms with Crippen LogP contribution in [0.2, 0.25) is 5.02 Å². The summed E-state index contributed by atoms with van der Waals surface area (Å²) in [4.78, 5) is 13.7. The SMILES string of the molecule is CC(C)(C)OC(=O)N1CCC(NCc2cc(Cl)ccc2F)C1. The summed E-state index contributed by atoms with van der Waals surface area (Å²) in [7, 11) is 0. The van der Waals surface area contributed by atoms with Gasteiger partial charge in [0.15, 0.2) is 0 Å². The van der Waals surface area contributed by atoms with Gasteiger partial charge in [-0.2, -0.15) is 0 Å². The first-order valence-electron chi connectivity index (χ1n) is 7.40. The van der Waals surface area contributed by atoms with E-state index in [1.54, 1.807) is 11.0 Å². The predicted octanol–water partition coefficient (Wildman–Crippen LogP) is 3.58. The van der Waals surface area contributed by atoms with Crippen LogP contribution in [0, 0.1) is 5.82 Å². The summed E-state index contributed by atoms with van der Waals surface area (Å²) in [6.45, 7) is 7.14. The van der Waals surface area contributed by atoms with E-state index < -0.39 is 5.60 Å². The van der Waals surface area contributed by atoms with Crippen molar-refractivity contribution in [3.05, 3.63) is 34.6 Å². The molecule has 0 saturated carbocycles. The summed E-state index contributed by atoms with van der Waals surface area (Å²) in [6.07, 6.45) is 0.521. The third kappa shape index (κ3) is 4.85. The van der Waals surface area contributed by atoms with Gasteiger partial charge in [-0.25, -0.2) is 9.18 Å². The first kappa shape index (κ1) is 17.0. The number of hydrogen-bond donors (Lipinski definition) is 1. The number of halogens is 2. The fourth-order valence-corrected chi connectivity index (χ4v) is 2.55. The average molecular weight is 329 g/mol. The van der Waals surface area contributed by atoms with Gasteiger partial charge in [-0.1, -0.05) is 11.6 Å². The second-order valence-electron chi connectivity index (χ2n) is 6.53. The molecule has 0 spiro atoms. The van der Waals surface area contributed by atoms with Gasteiger partial charge in [0.25, 0.3) is 0 Å². The Bertz CT molecular complexity index is 545. The van der Waals surface area contributed by atoms with Crippen molar-refractivity contribution >= 4 is 17.7 Å². The highest BCUT2D eigenvalue weighted by Gasteiger charge is 2.29. The summed E-state index contributed by atoms with van der Waals surface area (Å²) >= 11 is 5.87. The molecule has 1 aromatic rings. The van der Waals surface area contributed by atoms with Gasteiger partial charge in [-0.05, 0) is 45.4 Å². The highest BCUT2D eigenvalue weighted by atomic mass is 35.5. The van der Waals surface area contributed by atoms with E-state index in [0.717, 1.165) is 6.42 Å². The molecule has 1 N–H and O–H groups in total. The van der Waals surface area contributed by atoms with Crippen molar-refractivity contribution in [2.45, 2.75) is 45.4 Å². The van der Waals surface area contributed by atoms with Crippen LogP contribution in [-0.2, 0) is 11.3 Å². The van der Waals surface area contributed by atoms with Gasteiger partial charge < -0.3 is 15.0 Å². The lowest BCUT2D eigenvalue weighted by atomic mass is 10.2. The van der Waals surface area contributed by atoms with Crippen molar-refractivity contribution in [1.29, 1.82) is 0 Å². The van der Waals surface area contributed by atoms with E-state index >= 15 is 0 Å². The normalized spacial score (nSPS) is 18.6. The molecular weight excluding hydrogens is 307 g/mol. The maximum atomic E-state index is 13.7. The molecule has 6 heteroatoms. The molecule has 1 aromatic carbocycles. The van der Waals surface area contributed by atoms with Gasteiger partial charge in [-0.15, -0.1) is 0 Å². The van der Waals surface area contributed by atoms with Gasteiger partial charge in [0.05, 0.1) is 0 Å². The van der Waals surface area contributed by atoms with Gasteiger partial charge in [0, 0.05) is 36.3 Å². The first-order valence-corrected chi connectivity index (χ1v) is 7.77. The number of nitrogens with one attached hydrogen (secondary N) is 1. The summed E-state index contributed by atoms with van der Waals surface area (Å²) in [5.74, 6) is -0.279. The largest absolute Gasteiger partial charge is 0.444 e. The summed E-state index contributed by atoms with van der Waals surface area (Å²) in [5.41, 5.74) is 0.0372. The number of carbonyl (C=O) groups is 1. The fraction of sp³-hybridized carbons (Fsp3) is 0.562. The van der Waals surface area contributed by atoms with Gasteiger partial charge in [-0.3, -0.25) is 0 Å². The molecule has 1 heterocycles. The van der Waals surface area contributed by atoms with Crippen LogP contribution in [0.1, 0.15) is 32.8 Å². The Morgan fingerprint density at radius 1 is 1.50 bits per heavy atom. The molecule has 1 aliphatic rings. The number of likely N-dealkylation sites (tertiary alicyclic amines) is 1. The zero-order valence-electron chi connectivity index (χ0n) is 13.2. The van der Waals surface area contributed by atoms with Gasteiger partial charge in [0.2, 0.25) is 0 Å². The molecule has 2 rings (SSSR count). The minimum absolute atomic E-state index is 0.130. The topological polar surface area (TPSA) is 41.6 Å². The molecule has 0 bridgehead atoms. The van der Waals surface area contributed by atoms with Crippen molar-refractivity contribution in [3.63, 3.8) is 0 Å². The molecule has 4 nitrogen and oxygen atoms in total. The molecule has 1 saturated heterocycles. The number of amides is 1. The zero-order valence-corrected chi connectivity index (χ0v) is 13.9. The van der Waals surface area contributed by atoms with Crippen LogP contribution in [-0.4, -0.2) is 35.7 Å². The number of ether oxygens (including phenoxy) is 1. The van der Waals surface area contributed by atoms with Crippen LogP contribution in [0.5, 0.6) is 0 Å². The standard InChI is InChI=1S/C16H22ClFN2O2/c1-16(2,3)22-15(21)20-7-6-13(10-20)19-9-11-8-12(17)4-5-14(11)18/h4-5,8,13,19H,6-7,9-10H2,1-3H3. The molecule has 1 atom stereocenters. The summed E-state index contributed by atoms with van der Waals surface area (Å²) < 4.78 is 19.0. The number of rotatable bonds is 3. The second-order valence-corrected chi connectivity index (χ2v) is 6.97. The molecule has 1 amide bonds. The number of nitrogens with zero attached hydrogens (tertiary/aromatic N) is 1. The minimum Gasteiger partial charge on any atom is -0.444 e. The predicted molar refractivity (Wildman–Crippen MR) is 84.5 cm³/mol. The lowest BCUT2D eigenvalue weighted by Crippen LogP contribution is -2.38. The Hall–Kier alpha value is -1.33. The molecule has 0 aromatic heterocycles. The van der Waals surface area contributed by atoms with E-state index in [2.05, 4.69) is 5.32 Å². The van der Waals surface area contributed by atoms with Crippen molar-refractivity contribution in [2.24, 2.45) is 0 Å². The first-order chi connectivity index (χ1) is 10.2. The van der Waals surface area contributed by atoms with E-state index in [1.165, 1.54) is 12.1 Å². The van der Waals surface area contributed by atoms with Crippen LogP contribution in [0.25, 0.3) is 0 Å². The van der Waals surface area contributed by atoms with Crippen LogP contribution in [0.4, 0.5) is 9.18 Å². The minimum atomic E-state index is -0.494. The number of hydrogen-bond acceptors (Lipinski definition) is 3. The second kappa shape index (κ2) is 6.84. The third-order valence-corrected chi connectivity index (χ3v) is 3.66. The molecule has 0 aliphatic carbocycles. The van der Waals surface area contributed by atoms with Crippen molar-refractivity contribution in [3.8, 4) is 0 Å². The third-order valence-electron chi connectivity index (χ3n) is 3.43. The maximum absolute atomic E-state index is 13.7. The quantitative estimate of drug-likeness (QED) is 0.922. The monoisotopic (exact) mass is 328 g/mol. The number of benzene rings is 1. The fourth-order valence-electron chi connectivity index (χ4n) is 2.35. The molecule has 1 unspecified atom stereocenters. The molecular formula is C16H22ClFN2O2. The highest BCUT2D eigenvalue weighted by Crippen LogP contribution is 2.17. The van der Waals surface area contributed by atoms with Gasteiger partial charge >= 0.3 is 6.09 Å². The maximum Gasteiger partial charge on any atom is 0.410 e. The van der Waals surface area contributed by atoms with E-state index in [4.69, 9.17) is 16.3 Å². The Labute approximate surface area is 135 Å². The van der Waals surface area contributed by atoms with E-state index in [1.807, 2.05) is 20.8 Å². The Morgan fingerprint density at radius 2 is 2.23 bits per heavy atom. The number of carbonyl (C=O) groups excluding carboxylic acids is 1. The van der Waals surface area contributed by atoms with E-state index in [0.29, 0.717) is 30.2 Å². The van der Waals surface area contributed by atoms with Crippen molar-refractivity contribution < 1.29 is 13.9 Å². The Balaban J connectivity index is 1.84. The summed E-state index contributed by atoms with van der Waals surface area (Å²) in [6, 6.07) is 4.64. The molecule has 22 heavy (non-hydrogen) atoms. The van der Waals surface area contributed by atoms with Crippen LogP contribution in [0.15, 0.2) is 18.2 Å². The van der Waals surface area contributed by atoms with E-state index in [-0.39, 0.29) is 18.0 Å². The summed E-state index contributed by atoms with van der Waals surface area (Å²) in [5, 5.41) is 3.78. The Kier molecular flexibility index (Phi) is 5.29. The highest BCUT2D eigenvalue weighted by molar-refractivity contribution is 6.30. The van der Waals surface area contributed by atoms with Crippen LogP contribution in [0.3, 0.4) is 0 Å². The van der Waals surface area contributed by atoms with Crippen LogP contribution < -0.4 is 5.32 Å². The molecule has 122 valence electrons. The van der Waals surface area contributed by atoms with E-state index in [9.17, 15) is 9.18 Å². The van der Waals surface area contributed by atoms with Crippen molar-refractivity contribution in [2.75, 3.05) is 13.1 Å². The van der Waals surface area contributed by atoms with Crippen LogP contribution >= 0.6 is 11.6 Å². The molecule has 1 fully saturated rings. The van der Waals surface area contributed by atoms with Crippen molar-refractivity contribution in [1.82, 2.24) is 10.2 Å². The smallest absolute Gasteiger partial charge is 0.410 e. The Morgan fingerprint density at radius 3 is 2.91 bits per heavy atom. The lowest BCUT2D eigenvalue weighted by Gasteiger charge is -2.24. The lowest BCUT2D eigenvalue weighted by molar-refractivity contribution is 0.0291. The molecule has 1 aliphatic heterocycles. The zero-order chi connectivity index (χ0) is 16.3. The van der Waals surface area contributed by atoms with Gasteiger partial charge in [0.1, 0.15) is 11.4 Å².